The molecule has 0 aromatic heterocycles. The van der Waals surface area contributed by atoms with Crippen LogP contribution in [0.15, 0.2) is 0 Å². The lowest BCUT2D eigenvalue weighted by Crippen LogP contribution is -2.35. The van der Waals surface area contributed by atoms with E-state index >= 15 is 0 Å². The Morgan fingerprint density at radius 1 is 1.67 bits per heavy atom. The number of aliphatic hydroxyl groups is 2. The van der Waals surface area contributed by atoms with Gasteiger partial charge >= 0.3 is 5.97 Å². The first-order valence-electron chi connectivity index (χ1n) is 2.57. The van der Waals surface area contributed by atoms with Crippen molar-refractivity contribution in [2.24, 2.45) is 0 Å². The van der Waals surface area contributed by atoms with Gasteiger partial charge in [0.05, 0.1) is 0 Å². The summed E-state index contributed by atoms with van der Waals surface area (Å²) < 4.78 is 0. The summed E-state index contributed by atoms with van der Waals surface area (Å²) in [6, 6.07) is 0. The molecule has 0 amide bonds. The SMILES string of the molecule is C[C@@](O)(CCO)C(=O)O. The van der Waals surface area contributed by atoms with Crippen molar-refractivity contribution in [1.29, 1.82) is 0 Å². The lowest BCUT2D eigenvalue weighted by atomic mass is 10.0. The Morgan fingerprint density at radius 2 is 2.11 bits per heavy atom. The van der Waals surface area contributed by atoms with Gasteiger partial charge in [-0.3, -0.25) is 0 Å². The van der Waals surface area contributed by atoms with Crippen molar-refractivity contribution in [3.63, 3.8) is 0 Å². The van der Waals surface area contributed by atoms with E-state index in [4.69, 9.17) is 15.3 Å². The third-order valence-corrected chi connectivity index (χ3v) is 1.06. The molecule has 0 saturated heterocycles. The van der Waals surface area contributed by atoms with E-state index in [0.717, 1.165) is 6.92 Å². The molecule has 0 unspecified atom stereocenters. The van der Waals surface area contributed by atoms with E-state index in [2.05, 4.69) is 0 Å². The zero-order valence-electron chi connectivity index (χ0n) is 5.16. The highest BCUT2D eigenvalue weighted by atomic mass is 16.4. The average molecular weight is 134 g/mol. The molecule has 54 valence electrons. The Labute approximate surface area is 52.7 Å². The van der Waals surface area contributed by atoms with E-state index in [0.29, 0.717) is 0 Å². The van der Waals surface area contributed by atoms with Gasteiger partial charge in [0.1, 0.15) is 0 Å². The standard InChI is InChI=1S/C5H10O4/c1-5(9,2-3-6)4(7)8/h6,9H,2-3H2,1H3,(H,7,8)/t5-/m1/s1. The molecule has 0 aromatic carbocycles. The minimum Gasteiger partial charge on any atom is -0.479 e. The third-order valence-electron chi connectivity index (χ3n) is 1.06. The van der Waals surface area contributed by atoms with Gasteiger partial charge in [0.2, 0.25) is 0 Å². The normalized spacial score (nSPS) is 16.8. The van der Waals surface area contributed by atoms with Crippen LogP contribution in [0, 0.1) is 0 Å². The van der Waals surface area contributed by atoms with Crippen LogP contribution >= 0.6 is 0 Å². The van der Waals surface area contributed by atoms with Crippen LogP contribution in [-0.2, 0) is 4.79 Å². The van der Waals surface area contributed by atoms with E-state index in [1.807, 2.05) is 0 Å². The Kier molecular flexibility index (Phi) is 2.61. The number of hydrogen-bond acceptors (Lipinski definition) is 3. The number of carbonyl (C=O) groups is 1. The lowest BCUT2D eigenvalue weighted by Gasteiger charge is -2.14. The molecule has 0 saturated carbocycles. The number of aliphatic carboxylic acids is 1. The van der Waals surface area contributed by atoms with Crippen LogP contribution in [0.5, 0.6) is 0 Å². The molecule has 0 heterocycles. The minimum absolute atomic E-state index is 0.137. The topological polar surface area (TPSA) is 77.8 Å². The van der Waals surface area contributed by atoms with Gasteiger partial charge < -0.3 is 15.3 Å². The van der Waals surface area contributed by atoms with Crippen molar-refractivity contribution in [1.82, 2.24) is 0 Å². The zero-order valence-corrected chi connectivity index (χ0v) is 5.16. The molecule has 0 rings (SSSR count). The quantitative estimate of drug-likeness (QED) is 0.472. The summed E-state index contributed by atoms with van der Waals surface area (Å²) >= 11 is 0. The number of carboxylic acids is 1. The fourth-order valence-electron chi connectivity index (χ4n) is 0.325. The maximum atomic E-state index is 10.0. The highest BCUT2D eigenvalue weighted by Crippen LogP contribution is 2.07. The molecule has 1 atom stereocenters. The molecule has 0 spiro atoms. The first-order chi connectivity index (χ1) is 4.00. The van der Waals surface area contributed by atoms with Crippen molar-refractivity contribution in [3.05, 3.63) is 0 Å². The van der Waals surface area contributed by atoms with Crippen LogP contribution in [0.25, 0.3) is 0 Å². The summed E-state index contributed by atoms with van der Waals surface area (Å²) in [6.07, 6.45) is -0.137. The Balaban J connectivity index is 3.85. The fraction of sp³-hybridized carbons (Fsp3) is 0.800. The number of aliphatic hydroxyl groups excluding tert-OH is 1. The molecular weight excluding hydrogens is 124 g/mol. The second kappa shape index (κ2) is 2.80. The molecule has 0 aliphatic heterocycles. The summed E-state index contributed by atoms with van der Waals surface area (Å²) in [5.74, 6) is -1.31. The van der Waals surface area contributed by atoms with Gasteiger partial charge in [0, 0.05) is 13.0 Å². The Morgan fingerprint density at radius 3 is 2.22 bits per heavy atom. The molecule has 0 aliphatic carbocycles. The second-order valence-electron chi connectivity index (χ2n) is 2.05. The summed E-state index contributed by atoms with van der Waals surface area (Å²) in [5.41, 5.74) is -1.78. The van der Waals surface area contributed by atoms with Crippen molar-refractivity contribution in [2.45, 2.75) is 18.9 Å². The van der Waals surface area contributed by atoms with Crippen molar-refractivity contribution in [2.75, 3.05) is 6.61 Å². The molecule has 0 bridgehead atoms. The molecule has 4 heteroatoms. The Hall–Kier alpha value is -0.610. The van der Waals surface area contributed by atoms with Gasteiger partial charge in [-0.25, -0.2) is 4.79 Å². The van der Waals surface area contributed by atoms with Crippen LogP contribution in [0.1, 0.15) is 13.3 Å². The average Bonchev–Trinajstić information content (AvgIpc) is 1.65. The van der Waals surface area contributed by atoms with E-state index in [9.17, 15) is 4.79 Å². The minimum atomic E-state index is -1.78. The van der Waals surface area contributed by atoms with Crippen molar-refractivity contribution >= 4 is 5.97 Å². The van der Waals surface area contributed by atoms with Crippen LogP contribution in [0.3, 0.4) is 0 Å². The van der Waals surface area contributed by atoms with E-state index in [-0.39, 0.29) is 13.0 Å². The second-order valence-corrected chi connectivity index (χ2v) is 2.05. The molecule has 0 radical (unpaired) electrons. The van der Waals surface area contributed by atoms with E-state index < -0.39 is 11.6 Å². The van der Waals surface area contributed by atoms with Crippen molar-refractivity contribution < 1.29 is 20.1 Å². The molecular formula is C5H10O4. The molecule has 3 N–H and O–H groups in total. The lowest BCUT2D eigenvalue weighted by molar-refractivity contribution is -0.157. The third kappa shape index (κ3) is 2.43. The van der Waals surface area contributed by atoms with Crippen molar-refractivity contribution in [3.8, 4) is 0 Å². The number of hydrogen-bond donors (Lipinski definition) is 3. The predicted molar refractivity (Wildman–Crippen MR) is 30.0 cm³/mol. The maximum absolute atomic E-state index is 10.0. The monoisotopic (exact) mass is 134 g/mol. The van der Waals surface area contributed by atoms with E-state index in [1.165, 1.54) is 0 Å². The van der Waals surface area contributed by atoms with Gasteiger partial charge in [0.15, 0.2) is 5.60 Å². The van der Waals surface area contributed by atoms with Crippen LogP contribution < -0.4 is 0 Å². The number of rotatable bonds is 3. The molecule has 0 aliphatic rings. The first-order valence-corrected chi connectivity index (χ1v) is 2.57. The predicted octanol–water partition coefficient (Wildman–Crippen LogP) is -0.796. The summed E-state index contributed by atoms with van der Waals surface area (Å²) in [6.45, 7) is 0.824. The van der Waals surface area contributed by atoms with Crippen LogP contribution in [0.4, 0.5) is 0 Å². The molecule has 0 fully saturated rings. The Bertz CT molecular complexity index is 108. The summed E-state index contributed by atoms with van der Waals surface area (Å²) in [4.78, 5) is 10.0. The highest BCUT2D eigenvalue weighted by Gasteiger charge is 2.28. The molecule has 4 nitrogen and oxygen atoms in total. The number of carboxylic acid groups (broad SMARTS) is 1. The summed E-state index contributed by atoms with van der Waals surface area (Å²) in [7, 11) is 0. The van der Waals surface area contributed by atoms with Crippen LogP contribution in [-0.4, -0.2) is 33.5 Å². The van der Waals surface area contributed by atoms with Gasteiger partial charge in [-0.2, -0.15) is 0 Å². The summed E-state index contributed by atoms with van der Waals surface area (Å²) in [5, 5.41) is 25.3. The van der Waals surface area contributed by atoms with Crippen LogP contribution in [0.2, 0.25) is 0 Å². The van der Waals surface area contributed by atoms with E-state index in [1.54, 1.807) is 0 Å². The van der Waals surface area contributed by atoms with Gasteiger partial charge in [-0.05, 0) is 6.92 Å². The molecule has 9 heavy (non-hydrogen) atoms. The van der Waals surface area contributed by atoms with Gasteiger partial charge in [-0.1, -0.05) is 0 Å². The fourth-order valence-corrected chi connectivity index (χ4v) is 0.325. The molecule has 0 aromatic rings. The van der Waals surface area contributed by atoms with Gasteiger partial charge in [-0.15, -0.1) is 0 Å². The maximum Gasteiger partial charge on any atom is 0.335 e. The van der Waals surface area contributed by atoms with Gasteiger partial charge in [0.25, 0.3) is 0 Å². The largest absolute Gasteiger partial charge is 0.479 e. The smallest absolute Gasteiger partial charge is 0.335 e. The zero-order chi connectivity index (χ0) is 7.49. The highest BCUT2D eigenvalue weighted by molar-refractivity contribution is 5.76. The first kappa shape index (κ1) is 8.39.